The van der Waals surface area contributed by atoms with Gasteiger partial charge in [0.2, 0.25) is 23.6 Å². The zero-order valence-electron chi connectivity index (χ0n) is 67.4. The average Bonchev–Trinajstić information content (AvgIpc) is 0.768. The van der Waals surface area contributed by atoms with Crippen LogP contribution >= 0.6 is 15.6 Å². The standard InChI is InChI=1S/C81H134N4O21P2/c1-52(2)28-18-29-53(3)30-19-31-54(4)32-20-33-55(5)34-21-35-56(6)36-22-37-57(7)38-23-39-58(8)40-24-41-59(9)42-25-43-60(10)44-26-45-61(11)46-27-47-62(12)48-49-99-107(95,96)106-108(97,98)105-81-73(85-67(17)91)78(70(63(13)100-81)82-64(14)88)104-80-72(84-66(16)90)76(94)77(69(51-87)102-80)103-79-71(83-65(15)89)75(93)74(92)68(50-86)101-79/h28,30,32,34,36,38,40,42,44,46,48,63,68-81,86-87,92-94H,18-27,29,31,33,35,37,39,41,43,45,47,49-51H2,1-17H3,(H,82,88)(H,83,89)(H,84,90)(H,85,91)(H,95,96)(H,97,98)/p-2/b53-30+,54-32+,55-34+,56-36-,57-38-,58-40-,59-42-,60-44-,61-46-,62-48-/t63-,68-,69-,70-,71-,72-,73-,74+,75-,76-,77+,78+,79-,80-,81-/m1/s1. The number of hydrogen-bond donors (Lipinski definition) is 9. The number of amides is 4. The van der Waals surface area contributed by atoms with Gasteiger partial charge in [-0.2, -0.15) is 0 Å². The molecule has 614 valence electrons. The van der Waals surface area contributed by atoms with Crippen LogP contribution in [-0.4, -0.2) is 161 Å². The van der Waals surface area contributed by atoms with E-state index in [0.29, 0.717) is 12.8 Å². The molecule has 0 bridgehead atoms. The number of allylic oxidation sites excluding steroid dienone is 21. The molecular weight excluding hydrogens is 1430 g/mol. The Bertz CT molecular complexity index is 3290. The number of ether oxygens (including phenoxy) is 5. The largest absolute Gasteiger partial charge is 0.756 e. The summed E-state index contributed by atoms with van der Waals surface area (Å²) in [6, 6.07) is -6.38. The Morgan fingerprint density at radius 2 is 0.667 bits per heavy atom. The van der Waals surface area contributed by atoms with Gasteiger partial charge >= 0.3 is 0 Å². The Kier molecular flexibility index (Phi) is 45.7. The quantitative estimate of drug-likeness (QED) is 0.0202. The van der Waals surface area contributed by atoms with Gasteiger partial charge < -0.3 is 84.8 Å². The Morgan fingerprint density at radius 3 is 1.00 bits per heavy atom. The van der Waals surface area contributed by atoms with Gasteiger partial charge in [0.25, 0.3) is 15.6 Å². The lowest BCUT2D eigenvalue weighted by Crippen LogP contribution is -2.72. The van der Waals surface area contributed by atoms with Gasteiger partial charge in [-0.15, -0.1) is 0 Å². The molecule has 2 unspecified atom stereocenters. The lowest BCUT2D eigenvalue weighted by Gasteiger charge is -2.51. The monoisotopic (exact) mass is 1560 g/mol. The first-order valence-electron chi connectivity index (χ1n) is 38.3. The first kappa shape index (κ1) is 97.1. The van der Waals surface area contributed by atoms with Gasteiger partial charge in [0.15, 0.2) is 18.9 Å². The molecule has 0 spiro atoms. The highest BCUT2D eigenvalue weighted by atomic mass is 31.3. The third kappa shape index (κ3) is 38.9. The minimum atomic E-state index is -6.04. The topological polar surface area (TPSA) is 372 Å². The minimum Gasteiger partial charge on any atom is -0.756 e. The van der Waals surface area contributed by atoms with Crippen molar-refractivity contribution in [1.29, 1.82) is 0 Å². The highest BCUT2D eigenvalue weighted by Crippen LogP contribution is 2.57. The van der Waals surface area contributed by atoms with Crippen LogP contribution in [0, 0.1) is 0 Å². The zero-order chi connectivity index (χ0) is 80.8. The summed E-state index contributed by atoms with van der Waals surface area (Å²) in [6.45, 7) is 29.3. The van der Waals surface area contributed by atoms with E-state index in [9.17, 15) is 63.6 Å². The van der Waals surface area contributed by atoms with Crippen molar-refractivity contribution < 1.29 is 101 Å². The first-order chi connectivity index (χ1) is 50.8. The van der Waals surface area contributed by atoms with Crippen molar-refractivity contribution >= 4 is 39.3 Å². The van der Waals surface area contributed by atoms with Gasteiger partial charge in [-0.05, 0) is 218 Å². The third-order valence-corrected chi connectivity index (χ3v) is 21.7. The number of phosphoric ester groups is 2. The Labute approximate surface area is 644 Å². The van der Waals surface area contributed by atoms with E-state index in [2.05, 4.69) is 162 Å². The molecule has 0 saturated carbocycles. The highest BCUT2D eigenvalue weighted by Gasteiger charge is 2.55. The first-order valence-corrected chi connectivity index (χ1v) is 41.2. The van der Waals surface area contributed by atoms with Gasteiger partial charge in [0, 0.05) is 27.7 Å². The molecule has 3 fully saturated rings. The van der Waals surface area contributed by atoms with Crippen molar-refractivity contribution in [3.63, 3.8) is 0 Å². The molecule has 3 rings (SSSR count). The smallest absolute Gasteiger partial charge is 0.276 e. The van der Waals surface area contributed by atoms with Crippen molar-refractivity contribution in [2.24, 2.45) is 0 Å². The second-order valence-corrected chi connectivity index (χ2v) is 32.7. The summed E-state index contributed by atoms with van der Waals surface area (Å²) < 4.78 is 71.0. The number of aliphatic hydroxyl groups excluding tert-OH is 5. The van der Waals surface area contributed by atoms with Gasteiger partial charge in [-0.25, -0.2) is 4.31 Å². The number of carbonyl (C=O) groups excluding carboxylic acids is 4. The van der Waals surface area contributed by atoms with E-state index in [-0.39, 0.29) is 0 Å². The van der Waals surface area contributed by atoms with Gasteiger partial charge in [0.05, 0.1) is 32.0 Å². The van der Waals surface area contributed by atoms with Gasteiger partial charge in [-0.3, -0.25) is 32.8 Å². The summed E-state index contributed by atoms with van der Waals surface area (Å²) in [5, 5.41) is 63.7. The molecule has 25 nitrogen and oxygen atoms in total. The number of hydrogen-bond acceptors (Lipinski definition) is 21. The molecule has 17 atom stereocenters. The Balaban J connectivity index is 1.46. The predicted molar refractivity (Wildman–Crippen MR) is 417 cm³/mol. The van der Waals surface area contributed by atoms with E-state index in [1.165, 1.54) is 68.7 Å². The van der Waals surface area contributed by atoms with E-state index in [1.54, 1.807) is 6.92 Å². The molecule has 108 heavy (non-hydrogen) atoms. The van der Waals surface area contributed by atoms with Crippen LogP contribution in [0.5, 0.6) is 0 Å². The maximum atomic E-state index is 13.5. The van der Waals surface area contributed by atoms with Crippen LogP contribution in [0.25, 0.3) is 0 Å². The lowest BCUT2D eigenvalue weighted by atomic mass is 9.92. The number of carbonyl (C=O) groups is 4. The van der Waals surface area contributed by atoms with Crippen molar-refractivity contribution in [3.05, 3.63) is 128 Å². The van der Waals surface area contributed by atoms with Crippen LogP contribution in [0.2, 0.25) is 0 Å². The molecule has 3 heterocycles. The van der Waals surface area contributed by atoms with E-state index in [4.69, 9.17) is 32.7 Å². The molecule has 9 N–H and O–H groups in total. The van der Waals surface area contributed by atoms with Crippen molar-refractivity contribution in [2.45, 2.75) is 338 Å². The zero-order valence-corrected chi connectivity index (χ0v) is 69.2. The van der Waals surface area contributed by atoms with Crippen molar-refractivity contribution in [1.82, 2.24) is 21.3 Å². The number of rotatable bonds is 47. The molecule has 0 aromatic rings. The molecule has 4 amide bonds. The summed E-state index contributed by atoms with van der Waals surface area (Å²) in [5.41, 5.74) is 14.9. The molecule has 3 saturated heterocycles. The van der Waals surface area contributed by atoms with Gasteiger partial charge in [0.1, 0.15) is 60.9 Å². The summed E-state index contributed by atoms with van der Waals surface area (Å²) in [7, 11) is -11.7. The molecule has 0 aliphatic carbocycles. The maximum absolute atomic E-state index is 13.5. The van der Waals surface area contributed by atoms with Crippen LogP contribution < -0.4 is 31.1 Å². The summed E-state index contributed by atoms with van der Waals surface area (Å²) in [5.74, 6) is -3.04. The van der Waals surface area contributed by atoms with E-state index in [1.807, 2.05) is 0 Å². The van der Waals surface area contributed by atoms with E-state index >= 15 is 0 Å². The fraction of sp³-hybridized carbons (Fsp3) is 0.679. The Morgan fingerprint density at radius 1 is 0.370 bits per heavy atom. The third-order valence-electron chi connectivity index (χ3n) is 19.1. The number of aliphatic hydroxyl groups is 5. The average molecular weight is 1560 g/mol. The van der Waals surface area contributed by atoms with Crippen LogP contribution in [0.4, 0.5) is 0 Å². The second-order valence-electron chi connectivity index (χ2n) is 29.8. The van der Waals surface area contributed by atoms with Crippen molar-refractivity contribution in [2.75, 3.05) is 19.8 Å². The van der Waals surface area contributed by atoms with Crippen LogP contribution in [-0.2, 0) is 65.4 Å². The highest BCUT2D eigenvalue weighted by molar-refractivity contribution is 7.59. The molecule has 0 aromatic carbocycles. The van der Waals surface area contributed by atoms with E-state index in [0.717, 1.165) is 149 Å². The Hall–Kier alpha value is -5.12. The summed E-state index contributed by atoms with van der Waals surface area (Å²) in [4.78, 5) is 77.0. The number of phosphoric acid groups is 2. The minimum absolute atomic E-state index is 0.544. The van der Waals surface area contributed by atoms with Crippen LogP contribution in [0.1, 0.15) is 246 Å². The normalized spacial score (nSPS) is 27.4. The molecule has 27 heteroatoms. The SMILES string of the molecule is CC(=O)N[C@H]1[C@@H](O[C@@H]2[C@@H](NC(C)=O)[C@@H](OP(=O)([O-])OP(=O)([O-])OC/C=C(/C)CC/C=C(/C)CC/C=C(/C)CC/C=C(/C)CC/C=C(/C)CC/C=C(/C)CC/C=C(/C)CC/C=C(\C)CC/C=C(\C)CC/C=C(\C)CCC=C(C)C)O[C@H](C)[C@H]2NC(C)=O)O[C@H](CO)[C@H](O[C@H]2O[C@H](CO)[C@H](O)[C@H](O)[C@H]2NC(C)=O)[C@@H]1O. The fourth-order valence-electron chi connectivity index (χ4n) is 12.8. The molecule has 3 aliphatic heterocycles. The predicted octanol–water partition coefficient (Wildman–Crippen LogP) is 12.3. The molecular formula is C81H132N4O21P2-2. The van der Waals surface area contributed by atoms with Crippen LogP contribution in [0.3, 0.4) is 0 Å². The van der Waals surface area contributed by atoms with Crippen LogP contribution in [0.15, 0.2) is 128 Å². The summed E-state index contributed by atoms with van der Waals surface area (Å²) >= 11 is 0. The summed E-state index contributed by atoms with van der Waals surface area (Å²) in [6.07, 6.45) is 26.3. The number of nitrogens with one attached hydrogen (secondary N) is 4. The van der Waals surface area contributed by atoms with Gasteiger partial charge in [-0.1, -0.05) is 128 Å². The molecule has 3 aliphatic rings. The molecule has 0 radical (unpaired) electrons. The van der Waals surface area contributed by atoms with Crippen molar-refractivity contribution in [3.8, 4) is 0 Å². The maximum Gasteiger partial charge on any atom is 0.276 e. The molecule has 0 aromatic heterocycles. The fourth-order valence-corrected chi connectivity index (χ4v) is 14.8. The lowest BCUT2D eigenvalue weighted by molar-refractivity contribution is -0.343. The second kappa shape index (κ2) is 50.8. The van der Waals surface area contributed by atoms with E-state index < -0.39 is 151 Å².